The van der Waals surface area contributed by atoms with Crippen molar-refractivity contribution >= 4 is 11.8 Å². The Hall–Kier alpha value is -1.10. The predicted molar refractivity (Wildman–Crippen MR) is 102 cm³/mol. The van der Waals surface area contributed by atoms with Crippen molar-refractivity contribution in [2.75, 3.05) is 32.7 Å². The topological polar surface area (TPSA) is 52.7 Å². The summed E-state index contributed by atoms with van der Waals surface area (Å²) in [6.45, 7) is 4.59. The molecule has 146 valence electrons. The maximum atomic E-state index is 13.3. The van der Waals surface area contributed by atoms with Crippen LogP contribution in [0.1, 0.15) is 70.6 Å². The molecule has 26 heavy (non-hydrogen) atoms. The average Bonchev–Trinajstić information content (AvgIpc) is 3.37. The fraction of sp³-hybridized carbons (Fsp3) is 0.905. The standard InChI is InChI=1S/C21H35N3O2/c25-19(22-18-7-8-18)9-13-23-14-11-21(16-23)10-4-12-24(20(21)26)15-17-5-2-1-3-6-17/h17-18H,1-16H2,(H,22,25)/t21-/m0/s1. The normalized spacial score (nSPS) is 30.9. The lowest BCUT2D eigenvalue weighted by Gasteiger charge is -2.41. The van der Waals surface area contributed by atoms with Gasteiger partial charge in [0.2, 0.25) is 11.8 Å². The van der Waals surface area contributed by atoms with Crippen molar-refractivity contribution in [3.05, 3.63) is 0 Å². The molecule has 0 radical (unpaired) electrons. The van der Waals surface area contributed by atoms with Crippen molar-refractivity contribution in [1.82, 2.24) is 15.1 Å². The second-order valence-corrected chi connectivity index (χ2v) is 9.26. The van der Waals surface area contributed by atoms with Gasteiger partial charge in [-0.15, -0.1) is 0 Å². The van der Waals surface area contributed by atoms with Gasteiger partial charge in [0.05, 0.1) is 5.41 Å². The van der Waals surface area contributed by atoms with Gasteiger partial charge >= 0.3 is 0 Å². The SMILES string of the molecule is O=C(CCN1CC[C@@]2(CCCN(CC3CCCCC3)C2=O)C1)NC1CC1. The smallest absolute Gasteiger partial charge is 0.230 e. The Balaban J connectivity index is 1.28. The van der Waals surface area contributed by atoms with Gasteiger partial charge in [-0.2, -0.15) is 0 Å². The number of amides is 2. The molecule has 0 aromatic carbocycles. The molecule has 1 atom stereocenters. The molecule has 0 unspecified atom stereocenters. The molecule has 0 bridgehead atoms. The molecule has 4 aliphatic rings. The Bertz CT molecular complexity index is 527. The van der Waals surface area contributed by atoms with Gasteiger partial charge in [-0.1, -0.05) is 19.3 Å². The number of carbonyl (C=O) groups excluding carboxylic acids is 2. The summed E-state index contributed by atoms with van der Waals surface area (Å²) in [5.74, 6) is 1.33. The second kappa shape index (κ2) is 7.87. The lowest BCUT2D eigenvalue weighted by Crippen LogP contribution is -2.51. The maximum Gasteiger partial charge on any atom is 0.230 e. The van der Waals surface area contributed by atoms with E-state index in [4.69, 9.17) is 0 Å². The zero-order chi connectivity index (χ0) is 18.0. The molecule has 5 heteroatoms. The summed E-state index contributed by atoms with van der Waals surface area (Å²) in [4.78, 5) is 29.8. The molecule has 2 saturated carbocycles. The van der Waals surface area contributed by atoms with Gasteiger partial charge in [-0.05, 0) is 57.4 Å². The summed E-state index contributed by atoms with van der Waals surface area (Å²) in [5, 5.41) is 3.07. The van der Waals surface area contributed by atoms with Crippen molar-refractivity contribution in [2.45, 2.75) is 76.7 Å². The van der Waals surface area contributed by atoms with Gasteiger partial charge in [0, 0.05) is 38.6 Å². The number of piperidine rings is 1. The van der Waals surface area contributed by atoms with Gasteiger partial charge < -0.3 is 15.1 Å². The number of rotatable bonds is 6. The van der Waals surface area contributed by atoms with Gasteiger partial charge in [0.25, 0.3) is 0 Å². The third-order valence-corrected chi connectivity index (χ3v) is 7.06. The van der Waals surface area contributed by atoms with Gasteiger partial charge in [0.1, 0.15) is 0 Å². The van der Waals surface area contributed by atoms with E-state index >= 15 is 0 Å². The number of hydrogen-bond donors (Lipinski definition) is 1. The van der Waals surface area contributed by atoms with E-state index in [0.29, 0.717) is 18.4 Å². The van der Waals surface area contributed by atoms with E-state index in [2.05, 4.69) is 15.1 Å². The fourth-order valence-corrected chi connectivity index (χ4v) is 5.32. The first-order valence-electron chi connectivity index (χ1n) is 11.0. The van der Waals surface area contributed by atoms with Crippen LogP contribution in [0.5, 0.6) is 0 Å². The van der Waals surface area contributed by atoms with E-state index in [0.717, 1.165) is 70.7 Å². The van der Waals surface area contributed by atoms with Crippen molar-refractivity contribution < 1.29 is 9.59 Å². The van der Waals surface area contributed by atoms with E-state index < -0.39 is 0 Å². The lowest BCUT2D eigenvalue weighted by atomic mass is 9.77. The van der Waals surface area contributed by atoms with Gasteiger partial charge in [-0.3, -0.25) is 9.59 Å². The highest BCUT2D eigenvalue weighted by Crippen LogP contribution is 2.40. The first-order chi connectivity index (χ1) is 12.6. The molecule has 2 saturated heterocycles. The average molecular weight is 362 g/mol. The zero-order valence-corrected chi connectivity index (χ0v) is 16.2. The quantitative estimate of drug-likeness (QED) is 0.791. The Morgan fingerprint density at radius 1 is 1.04 bits per heavy atom. The molecule has 2 amide bonds. The molecule has 0 aromatic rings. The fourth-order valence-electron chi connectivity index (χ4n) is 5.32. The van der Waals surface area contributed by atoms with E-state index in [1.165, 1.54) is 32.1 Å². The van der Waals surface area contributed by atoms with Gasteiger partial charge in [-0.25, -0.2) is 0 Å². The monoisotopic (exact) mass is 361 g/mol. The number of hydrogen-bond acceptors (Lipinski definition) is 3. The van der Waals surface area contributed by atoms with E-state index in [1.54, 1.807) is 0 Å². The largest absolute Gasteiger partial charge is 0.353 e. The van der Waals surface area contributed by atoms with Gasteiger partial charge in [0.15, 0.2) is 0 Å². The van der Waals surface area contributed by atoms with Crippen LogP contribution in [0.4, 0.5) is 0 Å². The number of carbonyl (C=O) groups is 2. The minimum atomic E-state index is -0.153. The highest BCUT2D eigenvalue weighted by atomic mass is 16.2. The van der Waals surface area contributed by atoms with Crippen LogP contribution >= 0.6 is 0 Å². The minimum absolute atomic E-state index is 0.153. The molecule has 5 nitrogen and oxygen atoms in total. The Kier molecular flexibility index (Phi) is 5.53. The minimum Gasteiger partial charge on any atom is -0.353 e. The third kappa shape index (κ3) is 4.24. The molecular formula is C21H35N3O2. The van der Waals surface area contributed by atoms with Crippen LogP contribution in [0.15, 0.2) is 0 Å². The summed E-state index contributed by atoms with van der Waals surface area (Å²) in [6.07, 6.45) is 12.7. The van der Waals surface area contributed by atoms with Crippen LogP contribution in [0.3, 0.4) is 0 Å². The Labute approximate surface area is 157 Å². The molecular weight excluding hydrogens is 326 g/mol. The van der Waals surface area contributed by atoms with Crippen LogP contribution in [-0.2, 0) is 9.59 Å². The molecule has 4 rings (SSSR count). The predicted octanol–water partition coefficient (Wildman–Crippen LogP) is 2.55. The Morgan fingerprint density at radius 2 is 1.85 bits per heavy atom. The first kappa shape index (κ1) is 18.3. The molecule has 1 N–H and O–H groups in total. The molecule has 0 aromatic heterocycles. The molecule has 2 aliphatic carbocycles. The number of nitrogens with zero attached hydrogens (tertiary/aromatic N) is 2. The second-order valence-electron chi connectivity index (χ2n) is 9.26. The van der Waals surface area contributed by atoms with Crippen LogP contribution < -0.4 is 5.32 Å². The Morgan fingerprint density at radius 3 is 2.62 bits per heavy atom. The number of likely N-dealkylation sites (tertiary alicyclic amines) is 2. The molecule has 1 spiro atoms. The molecule has 2 aliphatic heterocycles. The highest BCUT2D eigenvalue weighted by molar-refractivity contribution is 5.84. The van der Waals surface area contributed by atoms with Crippen molar-refractivity contribution in [2.24, 2.45) is 11.3 Å². The summed E-state index contributed by atoms with van der Waals surface area (Å²) in [7, 11) is 0. The maximum absolute atomic E-state index is 13.3. The van der Waals surface area contributed by atoms with Crippen molar-refractivity contribution in [3.8, 4) is 0 Å². The summed E-state index contributed by atoms with van der Waals surface area (Å²) >= 11 is 0. The molecule has 2 heterocycles. The van der Waals surface area contributed by atoms with Crippen LogP contribution in [0, 0.1) is 11.3 Å². The van der Waals surface area contributed by atoms with E-state index in [9.17, 15) is 9.59 Å². The van der Waals surface area contributed by atoms with Crippen molar-refractivity contribution in [3.63, 3.8) is 0 Å². The zero-order valence-electron chi connectivity index (χ0n) is 16.2. The van der Waals surface area contributed by atoms with Crippen LogP contribution in [0.2, 0.25) is 0 Å². The summed E-state index contributed by atoms with van der Waals surface area (Å²) < 4.78 is 0. The lowest BCUT2D eigenvalue weighted by molar-refractivity contribution is -0.146. The van der Waals surface area contributed by atoms with Crippen LogP contribution in [0.25, 0.3) is 0 Å². The third-order valence-electron chi connectivity index (χ3n) is 7.06. The van der Waals surface area contributed by atoms with E-state index in [1.807, 2.05) is 0 Å². The summed E-state index contributed by atoms with van der Waals surface area (Å²) in [5.41, 5.74) is -0.153. The van der Waals surface area contributed by atoms with E-state index in [-0.39, 0.29) is 11.3 Å². The van der Waals surface area contributed by atoms with Crippen molar-refractivity contribution in [1.29, 1.82) is 0 Å². The highest BCUT2D eigenvalue weighted by Gasteiger charge is 2.48. The summed E-state index contributed by atoms with van der Waals surface area (Å²) in [6, 6.07) is 0.445. The van der Waals surface area contributed by atoms with Crippen LogP contribution in [-0.4, -0.2) is 60.4 Å². The number of nitrogens with one attached hydrogen (secondary N) is 1. The molecule has 4 fully saturated rings. The first-order valence-corrected chi connectivity index (χ1v) is 11.0.